The molecular formula is C16H17NO2. The first-order chi connectivity index (χ1) is 9.29. The summed E-state index contributed by atoms with van der Waals surface area (Å²) in [6.45, 7) is 2.71. The maximum atomic E-state index is 11.8. The lowest BCUT2D eigenvalue weighted by atomic mass is 10.2. The molecule has 0 aromatic heterocycles. The number of hydrogen-bond donors (Lipinski definition) is 1. The number of carbonyl (C=O) groups excluding carboxylic acids is 1. The molecule has 0 bridgehead atoms. The topological polar surface area (TPSA) is 38.3 Å². The highest BCUT2D eigenvalue weighted by Gasteiger charge is 2.06. The molecule has 2 aromatic carbocycles. The number of rotatable bonds is 5. The Kier molecular flexibility index (Phi) is 4.56. The third-order valence-electron chi connectivity index (χ3n) is 2.61. The van der Waals surface area contributed by atoms with Crippen molar-refractivity contribution in [2.24, 2.45) is 0 Å². The van der Waals surface area contributed by atoms with Crippen LogP contribution in [0.2, 0.25) is 0 Å². The van der Waals surface area contributed by atoms with Crippen LogP contribution in [0.1, 0.15) is 23.7 Å². The first-order valence-corrected chi connectivity index (χ1v) is 6.41. The number of nitrogens with one attached hydrogen (secondary N) is 1. The van der Waals surface area contributed by atoms with E-state index in [1.165, 1.54) is 0 Å². The second-order valence-corrected chi connectivity index (χ2v) is 4.20. The van der Waals surface area contributed by atoms with Gasteiger partial charge < -0.3 is 10.1 Å². The maximum Gasteiger partial charge on any atom is 0.251 e. The molecule has 0 aliphatic rings. The highest BCUT2D eigenvalue weighted by Crippen LogP contribution is 2.21. The molecule has 98 valence electrons. The summed E-state index contributed by atoms with van der Waals surface area (Å²) in [7, 11) is 0. The van der Waals surface area contributed by atoms with Crippen LogP contribution in [0.25, 0.3) is 0 Å². The summed E-state index contributed by atoms with van der Waals surface area (Å²) >= 11 is 0. The first kappa shape index (κ1) is 13.1. The summed E-state index contributed by atoms with van der Waals surface area (Å²) < 4.78 is 5.69. The number of hydrogen-bond acceptors (Lipinski definition) is 2. The van der Waals surface area contributed by atoms with Crippen LogP contribution in [-0.2, 0) is 0 Å². The zero-order chi connectivity index (χ0) is 13.5. The van der Waals surface area contributed by atoms with E-state index in [9.17, 15) is 4.79 Å². The van der Waals surface area contributed by atoms with Crippen molar-refractivity contribution in [2.75, 3.05) is 6.54 Å². The van der Waals surface area contributed by atoms with Crippen molar-refractivity contribution < 1.29 is 9.53 Å². The Labute approximate surface area is 113 Å². The highest BCUT2D eigenvalue weighted by atomic mass is 16.5. The number of amides is 1. The average Bonchev–Trinajstić information content (AvgIpc) is 2.46. The molecule has 3 heteroatoms. The smallest absolute Gasteiger partial charge is 0.251 e. The zero-order valence-electron chi connectivity index (χ0n) is 10.9. The van der Waals surface area contributed by atoms with Gasteiger partial charge in [-0.15, -0.1) is 0 Å². The van der Waals surface area contributed by atoms with Crippen molar-refractivity contribution in [1.82, 2.24) is 5.32 Å². The van der Waals surface area contributed by atoms with Crippen LogP contribution >= 0.6 is 0 Å². The largest absolute Gasteiger partial charge is 0.457 e. The molecule has 19 heavy (non-hydrogen) atoms. The molecule has 1 N–H and O–H groups in total. The molecular weight excluding hydrogens is 238 g/mol. The van der Waals surface area contributed by atoms with E-state index in [0.29, 0.717) is 17.9 Å². The zero-order valence-corrected chi connectivity index (χ0v) is 10.9. The number of carbonyl (C=O) groups is 1. The molecule has 0 aliphatic carbocycles. The lowest BCUT2D eigenvalue weighted by molar-refractivity contribution is 0.0953. The van der Waals surface area contributed by atoms with E-state index >= 15 is 0 Å². The molecule has 0 saturated carbocycles. The summed E-state index contributed by atoms with van der Waals surface area (Å²) in [6.07, 6.45) is 0.923. The normalized spacial score (nSPS) is 9.95. The molecule has 0 radical (unpaired) electrons. The molecule has 0 spiro atoms. The minimum Gasteiger partial charge on any atom is -0.457 e. The van der Waals surface area contributed by atoms with E-state index in [1.54, 1.807) is 12.1 Å². The van der Waals surface area contributed by atoms with Gasteiger partial charge in [0.1, 0.15) is 11.5 Å². The van der Waals surface area contributed by atoms with Gasteiger partial charge in [-0.1, -0.05) is 31.2 Å². The van der Waals surface area contributed by atoms with Crippen LogP contribution in [-0.4, -0.2) is 12.5 Å². The van der Waals surface area contributed by atoms with Gasteiger partial charge in [-0.2, -0.15) is 0 Å². The monoisotopic (exact) mass is 255 g/mol. The van der Waals surface area contributed by atoms with Gasteiger partial charge in [0, 0.05) is 12.1 Å². The van der Waals surface area contributed by atoms with Crippen molar-refractivity contribution in [3.8, 4) is 11.5 Å². The van der Waals surface area contributed by atoms with Crippen LogP contribution in [0.4, 0.5) is 0 Å². The third-order valence-corrected chi connectivity index (χ3v) is 2.61. The van der Waals surface area contributed by atoms with Gasteiger partial charge in [0.25, 0.3) is 5.91 Å². The van der Waals surface area contributed by atoms with Crippen molar-refractivity contribution in [3.63, 3.8) is 0 Å². The van der Waals surface area contributed by atoms with E-state index in [4.69, 9.17) is 4.74 Å². The van der Waals surface area contributed by atoms with Crippen molar-refractivity contribution in [2.45, 2.75) is 13.3 Å². The van der Waals surface area contributed by atoms with E-state index in [0.717, 1.165) is 12.2 Å². The van der Waals surface area contributed by atoms with Crippen LogP contribution in [0.15, 0.2) is 54.6 Å². The minimum absolute atomic E-state index is 0.0691. The molecule has 0 atom stereocenters. The average molecular weight is 255 g/mol. The summed E-state index contributed by atoms with van der Waals surface area (Å²) in [4.78, 5) is 11.8. The third kappa shape index (κ3) is 3.85. The Morgan fingerprint density at radius 1 is 1.05 bits per heavy atom. The van der Waals surface area contributed by atoms with E-state index in [-0.39, 0.29) is 5.91 Å². The summed E-state index contributed by atoms with van der Waals surface area (Å²) in [5, 5.41) is 2.85. The molecule has 1 amide bonds. The summed E-state index contributed by atoms with van der Waals surface area (Å²) in [5.74, 6) is 1.35. The number of para-hydroxylation sites is 1. The van der Waals surface area contributed by atoms with Crippen LogP contribution in [0, 0.1) is 0 Å². The Balaban J connectivity index is 2.09. The number of benzene rings is 2. The second kappa shape index (κ2) is 6.59. The van der Waals surface area contributed by atoms with E-state index in [1.807, 2.05) is 49.4 Å². The van der Waals surface area contributed by atoms with Gasteiger partial charge in [-0.25, -0.2) is 0 Å². The Morgan fingerprint density at radius 2 is 1.79 bits per heavy atom. The summed E-state index contributed by atoms with van der Waals surface area (Å²) in [6, 6.07) is 16.7. The van der Waals surface area contributed by atoms with Gasteiger partial charge in [0.05, 0.1) is 0 Å². The minimum atomic E-state index is -0.0691. The lowest BCUT2D eigenvalue weighted by Gasteiger charge is -2.08. The number of ether oxygens (including phenoxy) is 1. The Morgan fingerprint density at radius 3 is 2.53 bits per heavy atom. The Bertz CT molecular complexity index is 537. The van der Waals surface area contributed by atoms with Gasteiger partial charge in [-0.3, -0.25) is 4.79 Å². The van der Waals surface area contributed by atoms with Crippen LogP contribution < -0.4 is 10.1 Å². The molecule has 0 unspecified atom stereocenters. The SMILES string of the molecule is CCCNC(=O)c1cccc(Oc2ccccc2)c1. The van der Waals surface area contributed by atoms with Crippen molar-refractivity contribution in [3.05, 3.63) is 60.2 Å². The van der Waals surface area contributed by atoms with Crippen molar-refractivity contribution in [1.29, 1.82) is 0 Å². The predicted octanol–water partition coefficient (Wildman–Crippen LogP) is 3.62. The van der Waals surface area contributed by atoms with Gasteiger partial charge >= 0.3 is 0 Å². The van der Waals surface area contributed by atoms with Gasteiger partial charge in [0.2, 0.25) is 0 Å². The molecule has 0 fully saturated rings. The van der Waals surface area contributed by atoms with Crippen LogP contribution in [0.3, 0.4) is 0 Å². The molecule has 2 aromatic rings. The van der Waals surface area contributed by atoms with Gasteiger partial charge in [-0.05, 0) is 36.8 Å². The molecule has 3 nitrogen and oxygen atoms in total. The fourth-order valence-electron chi connectivity index (χ4n) is 1.67. The Hall–Kier alpha value is -2.29. The first-order valence-electron chi connectivity index (χ1n) is 6.41. The molecule has 0 heterocycles. The molecule has 0 saturated heterocycles. The van der Waals surface area contributed by atoms with Crippen molar-refractivity contribution >= 4 is 5.91 Å². The fourth-order valence-corrected chi connectivity index (χ4v) is 1.67. The molecule has 2 rings (SSSR count). The lowest BCUT2D eigenvalue weighted by Crippen LogP contribution is -2.23. The van der Waals surface area contributed by atoms with E-state index < -0.39 is 0 Å². The highest BCUT2D eigenvalue weighted by molar-refractivity contribution is 5.94. The molecule has 0 aliphatic heterocycles. The van der Waals surface area contributed by atoms with E-state index in [2.05, 4.69) is 5.32 Å². The second-order valence-electron chi connectivity index (χ2n) is 4.20. The quantitative estimate of drug-likeness (QED) is 0.886. The standard InChI is InChI=1S/C16H17NO2/c1-2-11-17-16(18)13-7-6-10-15(12-13)19-14-8-4-3-5-9-14/h3-10,12H,2,11H2,1H3,(H,17,18). The maximum absolute atomic E-state index is 11.8. The summed E-state index contributed by atoms with van der Waals surface area (Å²) in [5.41, 5.74) is 0.613. The predicted molar refractivity (Wildman–Crippen MR) is 75.6 cm³/mol. The van der Waals surface area contributed by atoms with Gasteiger partial charge in [0.15, 0.2) is 0 Å². The fraction of sp³-hybridized carbons (Fsp3) is 0.188. The van der Waals surface area contributed by atoms with Crippen LogP contribution in [0.5, 0.6) is 11.5 Å².